The van der Waals surface area contributed by atoms with Crippen molar-refractivity contribution >= 4 is 39.1 Å². The van der Waals surface area contributed by atoms with Gasteiger partial charge in [0.05, 0.1) is 6.04 Å². The second kappa shape index (κ2) is 4.90. The molecule has 2 fully saturated rings. The molecule has 1 aliphatic heterocycles. The fourth-order valence-corrected chi connectivity index (χ4v) is 4.05. The van der Waals surface area contributed by atoms with Crippen LogP contribution in [0.4, 0.5) is 0 Å². The van der Waals surface area contributed by atoms with Crippen molar-refractivity contribution in [3.63, 3.8) is 0 Å². The van der Waals surface area contributed by atoms with Gasteiger partial charge in [0.25, 0.3) is 5.91 Å². The van der Waals surface area contributed by atoms with Crippen LogP contribution < -0.4 is 5.32 Å². The Kier molecular flexibility index (Phi) is 3.39. The summed E-state index contributed by atoms with van der Waals surface area (Å²) < 4.78 is 0.812. The van der Waals surface area contributed by atoms with Gasteiger partial charge in [-0.1, -0.05) is 6.92 Å². The number of nitrogens with zero attached hydrogens (tertiary/aromatic N) is 1. The molecule has 2 heterocycles. The average molecular weight is 343 g/mol. The van der Waals surface area contributed by atoms with Gasteiger partial charge in [0.1, 0.15) is 4.88 Å². The second-order valence-electron chi connectivity index (χ2n) is 5.30. The van der Waals surface area contributed by atoms with Crippen LogP contribution in [-0.2, 0) is 4.79 Å². The summed E-state index contributed by atoms with van der Waals surface area (Å²) in [7, 11) is 0. The third kappa shape index (κ3) is 2.56. The third-order valence-electron chi connectivity index (χ3n) is 3.78. The highest BCUT2D eigenvalue weighted by atomic mass is 79.9. The summed E-state index contributed by atoms with van der Waals surface area (Å²) in [6.07, 6.45) is 1.53. The Balaban J connectivity index is 1.61. The van der Waals surface area contributed by atoms with E-state index in [1.807, 2.05) is 16.3 Å². The van der Waals surface area contributed by atoms with E-state index >= 15 is 0 Å². The molecule has 1 N–H and O–H groups in total. The second-order valence-corrected chi connectivity index (χ2v) is 7.07. The average Bonchev–Trinajstić information content (AvgIpc) is 2.75. The van der Waals surface area contributed by atoms with Crippen LogP contribution in [0.3, 0.4) is 0 Å². The first kappa shape index (κ1) is 13.1. The van der Waals surface area contributed by atoms with Gasteiger partial charge < -0.3 is 10.2 Å². The summed E-state index contributed by atoms with van der Waals surface area (Å²) in [6, 6.07) is 2.21. The number of nitrogens with one attached hydrogen (secondary N) is 1. The van der Waals surface area contributed by atoms with Crippen molar-refractivity contribution in [3.05, 3.63) is 20.8 Å². The van der Waals surface area contributed by atoms with Crippen molar-refractivity contribution in [1.29, 1.82) is 0 Å². The van der Waals surface area contributed by atoms with E-state index in [4.69, 9.17) is 0 Å². The maximum atomic E-state index is 12.1. The molecule has 19 heavy (non-hydrogen) atoms. The summed E-state index contributed by atoms with van der Waals surface area (Å²) in [4.78, 5) is 26.6. The molecule has 1 aromatic heterocycles. The number of carbonyl (C=O) groups excluding carboxylic acids is 2. The van der Waals surface area contributed by atoms with Crippen molar-refractivity contribution in [2.24, 2.45) is 5.92 Å². The normalized spacial score (nSPS) is 29.7. The number of likely N-dealkylation sites (tertiary alicyclic amines) is 1. The molecule has 1 aromatic rings. The van der Waals surface area contributed by atoms with E-state index in [1.165, 1.54) is 11.3 Å². The monoisotopic (exact) mass is 342 g/mol. The van der Waals surface area contributed by atoms with Crippen LogP contribution in [0.2, 0.25) is 0 Å². The molecule has 0 bridgehead atoms. The third-order valence-corrected chi connectivity index (χ3v) is 5.62. The van der Waals surface area contributed by atoms with Gasteiger partial charge in [-0.2, -0.15) is 0 Å². The summed E-state index contributed by atoms with van der Waals surface area (Å²) in [6.45, 7) is 2.81. The van der Waals surface area contributed by atoms with E-state index in [0.717, 1.165) is 10.9 Å². The molecular weight excluding hydrogens is 328 g/mol. The molecule has 2 aliphatic rings. The predicted molar refractivity (Wildman–Crippen MR) is 77.2 cm³/mol. The highest BCUT2D eigenvalue weighted by Crippen LogP contribution is 2.37. The SMILES string of the molecule is C[C@@H]1C[C@H]1N1C[C@H](NC(=O)c2sccc2Br)CC1=O. The molecule has 1 saturated heterocycles. The van der Waals surface area contributed by atoms with E-state index < -0.39 is 0 Å². The van der Waals surface area contributed by atoms with Gasteiger partial charge in [-0.15, -0.1) is 11.3 Å². The van der Waals surface area contributed by atoms with Crippen molar-refractivity contribution in [1.82, 2.24) is 10.2 Å². The number of thiophene rings is 1. The molecular formula is C13H15BrN2O2S. The van der Waals surface area contributed by atoms with Gasteiger partial charge in [-0.3, -0.25) is 9.59 Å². The Morgan fingerprint density at radius 3 is 2.89 bits per heavy atom. The molecule has 0 unspecified atom stereocenters. The Morgan fingerprint density at radius 1 is 1.58 bits per heavy atom. The van der Waals surface area contributed by atoms with E-state index in [9.17, 15) is 9.59 Å². The van der Waals surface area contributed by atoms with Crippen LogP contribution >= 0.6 is 27.3 Å². The van der Waals surface area contributed by atoms with Crippen LogP contribution in [0.15, 0.2) is 15.9 Å². The summed E-state index contributed by atoms with van der Waals surface area (Å²) in [5, 5.41) is 4.83. The van der Waals surface area contributed by atoms with Crippen molar-refractivity contribution < 1.29 is 9.59 Å². The van der Waals surface area contributed by atoms with Crippen molar-refractivity contribution in [2.75, 3.05) is 6.54 Å². The maximum absolute atomic E-state index is 12.1. The number of hydrogen-bond acceptors (Lipinski definition) is 3. The van der Waals surface area contributed by atoms with Crippen molar-refractivity contribution in [2.45, 2.75) is 31.8 Å². The predicted octanol–water partition coefficient (Wildman–Crippen LogP) is 2.25. The van der Waals surface area contributed by atoms with Crippen LogP contribution in [0.1, 0.15) is 29.4 Å². The van der Waals surface area contributed by atoms with Crippen LogP contribution in [0.5, 0.6) is 0 Å². The van der Waals surface area contributed by atoms with E-state index in [1.54, 1.807) is 0 Å². The van der Waals surface area contributed by atoms with E-state index in [-0.39, 0.29) is 17.9 Å². The Morgan fingerprint density at radius 2 is 2.32 bits per heavy atom. The summed E-state index contributed by atoms with van der Waals surface area (Å²) in [5.41, 5.74) is 0. The van der Waals surface area contributed by atoms with Gasteiger partial charge in [0, 0.05) is 23.5 Å². The topological polar surface area (TPSA) is 49.4 Å². The molecule has 3 rings (SSSR count). The van der Waals surface area contributed by atoms with Crippen LogP contribution in [0.25, 0.3) is 0 Å². The fraction of sp³-hybridized carbons (Fsp3) is 0.538. The Hall–Kier alpha value is -0.880. The number of carbonyl (C=O) groups is 2. The van der Waals surface area contributed by atoms with Crippen LogP contribution in [0, 0.1) is 5.92 Å². The van der Waals surface area contributed by atoms with Gasteiger partial charge >= 0.3 is 0 Å². The lowest BCUT2D eigenvalue weighted by Crippen LogP contribution is -2.37. The van der Waals surface area contributed by atoms with E-state index in [2.05, 4.69) is 28.2 Å². The molecule has 6 heteroatoms. The molecule has 4 nitrogen and oxygen atoms in total. The summed E-state index contributed by atoms with van der Waals surface area (Å²) >= 11 is 4.76. The van der Waals surface area contributed by atoms with Gasteiger partial charge in [-0.05, 0) is 39.7 Å². The lowest BCUT2D eigenvalue weighted by molar-refractivity contribution is -0.128. The molecule has 0 aromatic carbocycles. The highest BCUT2D eigenvalue weighted by molar-refractivity contribution is 9.10. The van der Waals surface area contributed by atoms with Gasteiger partial charge in [0.15, 0.2) is 0 Å². The minimum Gasteiger partial charge on any atom is -0.346 e. The molecule has 1 aliphatic carbocycles. The zero-order chi connectivity index (χ0) is 13.6. The molecule has 1 saturated carbocycles. The number of amides is 2. The highest BCUT2D eigenvalue weighted by Gasteiger charge is 2.44. The van der Waals surface area contributed by atoms with Gasteiger partial charge in [-0.25, -0.2) is 0 Å². The molecule has 2 amide bonds. The first-order valence-corrected chi connectivity index (χ1v) is 8.07. The maximum Gasteiger partial charge on any atom is 0.262 e. The zero-order valence-corrected chi connectivity index (χ0v) is 13.0. The molecule has 0 radical (unpaired) electrons. The fourth-order valence-electron chi connectivity index (χ4n) is 2.59. The quantitative estimate of drug-likeness (QED) is 0.915. The van der Waals surface area contributed by atoms with Crippen LogP contribution in [-0.4, -0.2) is 35.3 Å². The minimum absolute atomic E-state index is 0.0539. The zero-order valence-electron chi connectivity index (χ0n) is 10.6. The standard InChI is InChI=1S/C13H15BrN2O2S/c1-7-4-10(7)16-6-8(5-11(16)17)15-13(18)12-9(14)2-3-19-12/h2-3,7-8,10H,4-6H2,1H3,(H,15,18)/t7-,8-,10-/m1/s1. The lowest BCUT2D eigenvalue weighted by atomic mass is 10.2. The number of halogens is 1. The summed E-state index contributed by atoms with van der Waals surface area (Å²) in [5.74, 6) is 0.695. The Bertz CT molecular complexity index is 530. The first-order chi connectivity index (χ1) is 9.06. The number of hydrogen-bond donors (Lipinski definition) is 1. The molecule has 0 spiro atoms. The smallest absolute Gasteiger partial charge is 0.262 e. The van der Waals surface area contributed by atoms with Gasteiger partial charge in [0.2, 0.25) is 5.91 Å². The lowest BCUT2D eigenvalue weighted by Gasteiger charge is -2.16. The largest absolute Gasteiger partial charge is 0.346 e. The van der Waals surface area contributed by atoms with E-state index in [0.29, 0.717) is 29.8 Å². The number of rotatable bonds is 3. The van der Waals surface area contributed by atoms with Crippen molar-refractivity contribution in [3.8, 4) is 0 Å². The molecule has 3 atom stereocenters. The molecule has 102 valence electrons. The minimum atomic E-state index is -0.0922. The Labute approximate surface area is 124 Å². The first-order valence-electron chi connectivity index (χ1n) is 6.39.